The Morgan fingerprint density at radius 3 is 1.98 bits per heavy atom. The summed E-state index contributed by atoms with van der Waals surface area (Å²) in [4.78, 5) is 11.4. The second-order valence-electron chi connectivity index (χ2n) is 15.7. The van der Waals surface area contributed by atoms with E-state index in [4.69, 9.17) is 9.97 Å². The predicted octanol–water partition coefficient (Wildman–Crippen LogP) is 14.7. The largest absolute Gasteiger partial charge is 0.308 e. The number of aromatic nitrogens is 4. The van der Waals surface area contributed by atoms with E-state index in [2.05, 4.69) is 191 Å². The van der Waals surface area contributed by atoms with Crippen molar-refractivity contribution in [1.82, 2.24) is 19.1 Å². The topological polar surface area (TPSA) is 35.6 Å². The highest BCUT2D eigenvalue weighted by Gasteiger charge is 2.30. The van der Waals surface area contributed by atoms with Crippen LogP contribution in [0, 0.1) is 0 Å². The summed E-state index contributed by atoms with van der Waals surface area (Å²) in [6.45, 7) is 0. The van der Waals surface area contributed by atoms with Crippen LogP contribution in [0.25, 0.3) is 131 Å². The fraction of sp³-hybridized carbons (Fsp3) is 0. The third-order valence-corrected chi connectivity index (χ3v) is 13.8. The van der Waals surface area contributed by atoms with Crippen LogP contribution in [-0.2, 0) is 0 Å². The van der Waals surface area contributed by atoms with Crippen molar-refractivity contribution in [3.63, 3.8) is 0 Å². The predicted molar refractivity (Wildman–Crippen MR) is 248 cm³/mol. The molecule has 4 aromatic heterocycles. The van der Waals surface area contributed by atoms with Crippen molar-refractivity contribution in [3.05, 3.63) is 182 Å². The minimum Gasteiger partial charge on any atom is -0.308 e. The third-order valence-electron chi connectivity index (χ3n) is 12.6. The van der Waals surface area contributed by atoms with Gasteiger partial charge in [-0.2, -0.15) is 0 Å². The Kier molecular flexibility index (Phi) is 6.14. The van der Waals surface area contributed by atoms with Gasteiger partial charge in [0, 0.05) is 63.8 Å². The van der Waals surface area contributed by atoms with Crippen LogP contribution in [0.15, 0.2) is 182 Å². The summed E-state index contributed by atoms with van der Waals surface area (Å²) in [5.74, 6) is 0.818. The van der Waals surface area contributed by atoms with Crippen molar-refractivity contribution in [2.45, 2.75) is 0 Å². The summed E-state index contributed by atoms with van der Waals surface area (Å²) in [7, 11) is 0. The van der Waals surface area contributed by atoms with Gasteiger partial charge in [0.2, 0.25) is 0 Å². The van der Waals surface area contributed by atoms with Gasteiger partial charge >= 0.3 is 0 Å². The monoisotopic (exact) mass is 766 g/mol. The van der Waals surface area contributed by atoms with Gasteiger partial charge in [0.15, 0.2) is 5.82 Å². The minimum absolute atomic E-state index is 0.818. The average molecular weight is 767 g/mol. The Balaban J connectivity index is 1.19. The van der Waals surface area contributed by atoms with E-state index >= 15 is 0 Å². The summed E-state index contributed by atoms with van der Waals surface area (Å²) in [5.41, 5.74) is 14.4. The van der Waals surface area contributed by atoms with Crippen LogP contribution in [-0.4, -0.2) is 19.1 Å². The molecule has 1 aliphatic heterocycles. The van der Waals surface area contributed by atoms with Crippen LogP contribution >= 0.6 is 11.3 Å². The fourth-order valence-corrected chi connectivity index (χ4v) is 11.2. The Morgan fingerprint density at radius 2 is 1.10 bits per heavy atom. The molecular formula is C54H30N4S. The third kappa shape index (κ3) is 4.16. The van der Waals surface area contributed by atoms with Crippen LogP contribution in [0.1, 0.15) is 0 Å². The average Bonchev–Trinajstić information content (AvgIpc) is 3.92. The SMILES string of the molecule is c1ccc2c(c1)-c1ccccc1-n1c3ccccc3c3cc4c(c-2c31)c1ccccc1n4-c1nc2ccc3ccccc3c2nc1-c1ccc2sc3ccccc3c2c1. The number of para-hydroxylation sites is 3. The van der Waals surface area contributed by atoms with Crippen molar-refractivity contribution in [1.29, 1.82) is 0 Å². The molecule has 0 N–H and O–H groups in total. The van der Waals surface area contributed by atoms with E-state index in [-0.39, 0.29) is 0 Å². The second kappa shape index (κ2) is 11.5. The van der Waals surface area contributed by atoms with E-state index in [0.717, 1.165) is 49.9 Å². The van der Waals surface area contributed by atoms with E-state index in [1.807, 2.05) is 11.3 Å². The molecular weight excluding hydrogens is 737 g/mol. The summed E-state index contributed by atoms with van der Waals surface area (Å²) in [6.07, 6.45) is 0. The molecule has 0 unspecified atom stereocenters. The molecule has 0 aliphatic carbocycles. The maximum atomic E-state index is 5.68. The van der Waals surface area contributed by atoms with Gasteiger partial charge in [0.25, 0.3) is 0 Å². The van der Waals surface area contributed by atoms with E-state index < -0.39 is 0 Å². The van der Waals surface area contributed by atoms with Crippen molar-refractivity contribution >= 4 is 96.9 Å². The molecule has 0 radical (unpaired) electrons. The number of hydrogen-bond acceptors (Lipinski definition) is 3. The van der Waals surface area contributed by atoms with Gasteiger partial charge in [-0.3, -0.25) is 4.57 Å². The Labute approximate surface area is 341 Å². The highest BCUT2D eigenvalue weighted by molar-refractivity contribution is 7.25. The molecule has 0 fully saturated rings. The lowest BCUT2D eigenvalue weighted by Gasteiger charge is -2.16. The lowest BCUT2D eigenvalue weighted by Crippen LogP contribution is -2.04. The molecule has 0 bridgehead atoms. The molecule has 14 rings (SSSR count). The van der Waals surface area contributed by atoms with E-state index in [9.17, 15) is 0 Å². The molecule has 5 heteroatoms. The molecule has 1 aliphatic rings. The Morgan fingerprint density at radius 1 is 0.424 bits per heavy atom. The molecule has 0 saturated heterocycles. The molecule has 0 amide bonds. The van der Waals surface area contributed by atoms with E-state index in [0.29, 0.717) is 0 Å². The standard InChI is InChI=1S/C54H30N4S/c1-2-14-33-31(13-1)25-27-42-52(33)56-51(32-26-28-48-40(29-32)37-18-8-12-24-47(37)59-48)54(55-42)58-45-23-11-7-20-39(45)49-46(58)30-41-36-17-6-10-22-44(36)57-43-21-9-5-16-35(43)34-15-3-4-19-38(34)50(49)53(41)57/h1-30H. The molecule has 4 nitrogen and oxygen atoms in total. The lowest BCUT2D eigenvalue weighted by atomic mass is 9.91. The van der Waals surface area contributed by atoms with E-state index in [1.165, 1.54) is 80.7 Å². The normalized spacial score (nSPS) is 12.4. The summed E-state index contributed by atoms with van der Waals surface area (Å²) < 4.78 is 7.46. The number of benzene rings is 9. The molecule has 59 heavy (non-hydrogen) atoms. The molecule has 13 aromatic rings. The first-order valence-electron chi connectivity index (χ1n) is 20.1. The smallest absolute Gasteiger partial charge is 0.165 e. The maximum absolute atomic E-state index is 5.68. The first-order chi connectivity index (χ1) is 29.3. The van der Waals surface area contributed by atoms with Crippen LogP contribution in [0.2, 0.25) is 0 Å². The van der Waals surface area contributed by atoms with Crippen LogP contribution in [0.5, 0.6) is 0 Å². The first kappa shape index (κ1) is 31.5. The Hall–Kier alpha value is -7.60. The van der Waals surface area contributed by atoms with Gasteiger partial charge in [0.05, 0.1) is 38.8 Å². The number of nitrogens with zero attached hydrogens (tertiary/aromatic N) is 4. The van der Waals surface area contributed by atoms with Gasteiger partial charge in [0.1, 0.15) is 5.69 Å². The zero-order chi connectivity index (χ0) is 38.3. The number of thiophene rings is 1. The quantitative estimate of drug-likeness (QED) is 0.164. The van der Waals surface area contributed by atoms with Crippen molar-refractivity contribution in [2.24, 2.45) is 0 Å². The zero-order valence-electron chi connectivity index (χ0n) is 31.5. The van der Waals surface area contributed by atoms with Crippen LogP contribution < -0.4 is 0 Å². The molecule has 0 spiro atoms. The first-order valence-corrected chi connectivity index (χ1v) is 20.9. The molecule has 5 heterocycles. The minimum atomic E-state index is 0.818. The van der Waals surface area contributed by atoms with Gasteiger partial charge < -0.3 is 4.57 Å². The maximum Gasteiger partial charge on any atom is 0.165 e. The number of hydrogen-bond donors (Lipinski definition) is 0. The Bertz CT molecular complexity index is 3980. The van der Waals surface area contributed by atoms with Crippen LogP contribution in [0.3, 0.4) is 0 Å². The molecule has 0 saturated carbocycles. The summed E-state index contributed by atoms with van der Waals surface area (Å²) in [5, 5.41) is 9.58. The van der Waals surface area contributed by atoms with Gasteiger partial charge in [-0.15, -0.1) is 11.3 Å². The number of rotatable bonds is 2. The van der Waals surface area contributed by atoms with Crippen molar-refractivity contribution in [3.8, 4) is 45.0 Å². The fourth-order valence-electron chi connectivity index (χ4n) is 10.1. The van der Waals surface area contributed by atoms with Crippen molar-refractivity contribution in [2.75, 3.05) is 0 Å². The number of fused-ring (bicyclic) bond motifs is 18. The van der Waals surface area contributed by atoms with Gasteiger partial charge in [-0.25, -0.2) is 9.97 Å². The molecule has 272 valence electrons. The zero-order valence-corrected chi connectivity index (χ0v) is 32.3. The highest BCUT2D eigenvalue weighted by Crippen LogP contribution is 2.52. The molecule has 9 aromatic carbocycles. The van der Waals surface area contributed by atoms with Crippen molar-refractivity contribution < 1.29 is 0 Å². The van der Waals surface area contributed by atoms with Crippen LogP contribution in [0.4, 0.5) is 0 Å². The second-order valence-corrected chi connectivity index (χ2v) is 16.8. The summed E-state index contributed by atoms with van der Waals surface area (Å²) >= 11 is 1.84. The molecule has 0 atom stereocenters. The highest BCUT2D eigenvalue weighted by atomic mass is 32.1. The van der Waals surface area contributed by atoms with E-state index in [1.54, 1.807) is 0 Å². The van der Waals surface area contributed by atoms with Gasteiger partial charge in [-0.05, 0) is 65.0 Å². The summed E-state index contributed by atoms with van der Waals surface area (Å²) in [6, 6.07) is 66.4. The lowest BCUT2D eigenvalue weighted by molar-refractivity contribution is 1.08. The van der Waals surface area contributed by atoms with Gasteiger partial charge in [-0.1, -0.05) is 133 Å².